The van der Waals surface area contributed by atoms with Crippen LogP contribution in [0.3, 0.4) is 0 Å². The Balaban J connectivity index is 1.40. The van der Waals surface area contributed by atoms with Crippen molar-refractivity contribution in [3.05, 3.63) is 41.1 Å². The van der Waals surface area contributed by atoms with Crippen molar-refractivity contribution < 1.29 is 18.0 Å². The van der Waals surface area contributed by atoms with Crippen molar-refractivity contribution in [2.75, 3.05) is 30.3 Å². The molecule has 2 aliphatic heterocycles. The number of nitrogens with zero attached hydrogens (tertiary/aromatic N) is 3. The van der Waals surface area contributed by atoms with Gasteiger partial charge in [0.05, 0.1) is 12.2 Å². The quantitative estimate of drug-likeness (QED) is 0.699. The van der Waals surface area contributed by atoms with Crippen molar-refractivity contribution >= 4 is 17.4 Å². The van der Waals surface area contributed by atoms with Crippen LogP contribution in [0.5, 0.6) is 0 Å². The van der Waals surface area contributed by atoms with Gasteiger partial charge in [-0.05, 0) is 51.3 Å². The van der Waals surface area contributed by atoms with Gasteiger partial charge in [-0.15, -0.1) is 0 Å². The van der Waals surface area contributed by atoms with Crippen LogP contribution in [0.4, 0.5) is 24.7 Å². The van der Waals surface area contributed by atoms with Crippen molar-refractivity contribution in [3.63, 3.8) is 0 Å². The summed E-state index contributed by atoms with van der Waals surface area (Å²) in [6.07, 6.45) is -2.95. The minimum atomic E-state index is -4.33. The number of carbonyl (C=O) groups excluding carboxylic acids is 1. The molecular formula is C23H30F3N5O. The summed E-state index contributed by atoms with van der Waals surface area (Å²) in [5.41, 5.74) is 3.61. The normalized spacial score (nSPS) is 23.6. The largest absolute Gasteiger partial charge is 0.410 e. The molecule has 0 saturated carbocycles. The zero-order valence-corrected chi connectivity index (χ0v) is 18.7. The van der Waals surface area contributed by atoms with E-state index in [9.17, 15) is 18.0 Å². The molecule has 1 amide bonds. The average Bonchev–Trinajstić information content (AvgIpc) is 3.35. The number of hydrogen-bond donors (Lipinski definition) is 2. The molecule has 174 valence electrons. The molecule has 32 heavy (non-hydrogen) atoms. The lowest BCUT2D eigenvalue weighted by atomic mass is 10.0. The average molecular weight is 450 g/mol. The Bertz CT molecular complexity index is 986. The number of fused-ring (bicyclic) bond motifs is 1. The molecule has 2 N–H and O–H groups in total. The summed E-state index contributed by atoms with van der Waals surface area (Å²) in [5.74, 6) is 0.357. The molecule has 1 saturated heterocycles. The highest BCUT2D eigenvalue weighted by Gasteiger charge is 2.46. The molecule has 9 heteroatoms. The number of amides is 1. The topological polar surface area (TPSA) is 62.2 Å². The van der Waals surface area contributed by atoms with Gasteiger partial charge in [-0.2, -0.15) is 18.3 Å². The number of carbonyl (C=O) groups is 1. The molecule has 1 aromatic carbocycles. The number of nitrogens with one attached hydrogen (secondary N) is 2. The molecule has 2 aliphatic rings. The van der Waals surface area contributed by atoms with Gasteiger partial charge in [0.1, 0.15) is 5.82 Å². The molecule has 3 heterocycles. The molecule has 0 unspecified atom stereocenters. The van der Waals surface area contributed by atoms with Crippen LogP contribution in [0.15, 0.2) is 24.3 Å². The van der Waals surface area contributed by atoms with E-state index in [0.717, 1.165) is 27.9 Å². The fraction of sp³-hybridized carbons (Fsp3) is 0.565. The van der Waals surface area contributed by atoms with Gasteiger partial charge in [0, 0.05) is 30.3 Å². The van der Waals surface area contributed by atoms with E-state index in [1.54, 1.807) is 6.07 Å². The lowest BCUT2D eigenvalue weighted by molar-refractivity contribution is -0.173. The van der Waals surface area contributed by atoms with Crippen molar-refractivity contribution in [1.82, 2.24) is 14.7 Å². The fourth-order valence-electron chi connectivity index (χ4n) is 4.70. The van der Waals surface area contributed by atoms with Crippen LogP contribution >= 0.6 is 0 Å². The predicted octanol–water partition coefficient (Wildman–Crippen LogP) is 4.63. The van der Waals surface area contributed by atoms with Gasteiger partial charge in [-0.1, -0.05) is 24.6 Å². The van der Waals surface area contributed by atoms with Crippen molar-refractivity contribution in [3.8, 4) is 0 Å². The van der Waals surface area contributed by atoms with Gasteiger partial charge in [0.25, 0.3) is 0 Å². The van der Waals surface area contributed by atoms with E-state index in [1.807, 2.05) is 43.9 Å². The number of anilines is 2. The standard InChI is InChI=1S/C23H30F3N5O/c1-4-17-10-20(23(24,25)26)31-21(27-17)11-19(29-31)16-7-8-30(12-16)13-22(32)28-18-6-5-14(2)9-15(18)3/h5-6,9,11,16-17,20,27H,4,7-8,10,12-13H2,1-3H3,(H,28,32)/t16-,17+,20+/m1/s1. The zero-order valence-electron chi connectivity index (χ0n) is 18.7. The number of halogens is 3. The Morgan fingerprint density at radius 3 is 2.75 bits per heavy atom. The first-order valence-corrected chi connectivity index (χ1v) is 11.2. The molecule has 4 rings (SSSR count). The van der Waals surface area contributed by atoms with Crippen LogP contribution in [0, 0.1) is 13.8 Å². The molecular weight excluding hydrogens is 419 g/mol. The maximum absolute atomic E-state index is 13.6. The van der Waals surface area contributed by atoms with E-state index >= 15 is 0 Å². The summed E-state index contributed by atoms with van der Waals surface area (Å²) < 4.78 is 41.9. The number of likely N-dealkylation sites (tertiary alicyclic amines) is 1. The first kappa shape index (κ1) is 22.6. The van der Waals surface area contributed by atoms with Crippen LogP contribution in [0.1, 0.15) is 55.0 Å². The van der Waals surface area contributed by atoms with Gasteiger partial charge in [0.15, 0.2) is 6.04 Å². The second-order valence-corrected chi connectivity index (χ2v) is 9.03. The molecule has 1 fully saturated rings. The third kappa shape index (κ3) is 4.77. The Morgan fingerprint density at radius 2 is 2.06 bits per heavy atom. The van der Waals surface area contributed by atoms with Crippen molar-refractivity contribution in [2.24, 2.45) is 0 Å². The summed E-state index contributed by atoms with van der Waals surface area (Å²) in [6.45, 7) is 7.41. The van der Waals surface area contributed by atoms with Gasteiger partial charge in [-0.25, -0.2) is 4.68 Å². The van der Waals surface area contributed by atoms with Gasteiger partial charge in [0.2, 0.25) is 5.91 Å². The highest BCUT2D eigenvalue weighted by atomic mass is 19.4. The highest BCUT2D eigenvalue weighted by Crippen LogP contribution is 2.41. The number of hydrogen-bond acceptors (Lipinski definition) is 4. The summed E-state index contributed by atoms with van der Waals surface area (Å²) in [7, 11) is 0. The molecule has 6 nitrogen and oxygen atoms in total. The summed E-state index contributed by atoms with van der Waals surface area (Å²) in [6, 6.07) is 5.82. The summed E-state index contributed by atoms with van der Waals surface area (Å²) in [4.78, 5) is 14.6. The predicted molar refractivity (Wildman–Crippen MR) is 118 cm³/mol. The van der Waals surface area contributed by atoms with Crippen LogP contribution < -0.4 is 10.6 Å². The van der Waals surface area contributed by atoms with E-state index in [1.165, 1.54) is 0 Å². The molecule has 0 radical (unpaired) electrons. The molecule has 3 atom stereocenters. The molecule has 2 aromatic rings. The summed E-state index contributed by atoms with van der Waals surface area (Å²) >= 11 is 0. The number of aromatic nitrogens is 2. The second kappa shape index (κ2) is 8.77. The van der Waals surface area contributed by atoms with Crippen LogP contribution in [0.25, 0.3) is 0 Å². The lowest BCUT2D eigenvalue weighted by Crippen LogP contribution is -2.38. The smallest absolute Gasteiger partial charge is 0.367 e. The Morgan fingerprint density at radius 1 is 1.28 bits per heavy atom. The van der Waals surface area contributed by atoms with Gasteiger partial charge >= 0.3 is 6.18 Å². The van der Waals surface area contributed by atoms with E-state index in [0.29, 0.717) is 31.0 Å². The maximum atomic E-state index is 13.6. The van der Waals surface area contributed by atoms with Crippen LogP contribution in [-0.4, -0.2) is 52.4 Å². The molecule has 0 aliphatic carbocycles. The SMILES string of the molecule is CC[C@H]1C[C@@H](C(F)(F)F)n2nc([C@@H]3CCN(CC(=O)Nc4ccc(C)cc4C)C3)cc2N1. The van der Waals surface area contributed by atoms with Crippen LogP contribution in [-0.2, 0) is 4.79 Å². The third-order valence-electron chi connectivity index (χ3n) is 6.49. The first-order chi connectivity index (χ1) is 15.1. The van der Waals surface area contributed by atoms with Crippen LogP contribution in [0.2, 0.25) is 0 Å². The third-order valence-corrected chi connectivity index (χ3v) is 6.49. The lowest BCUT2D eigenvalue weighted by Gasteiger charge is -2.32. The van der Waals surface area contributed by atoms with Gasteiger partial charge < -0.3 is 10.6 Å². The van der Waals surface area contributed by atoms with E-state index < -0.39 is 12.2 Å². The maximum Gasteiger partial charge on any atom is 0.410 e. The molecule has 0 spiro atoms. The Kier molecular flexibility index (Phi) is 6.20. The Labute approximate surface area is 186 Å². The molecule has 0 bridgehead atoms. The molecule has 1 aromatic heterocycles. The minimum Gasteiger partial charge on any atom is -0.367 e. The zero-order chi connectivity index (χ0) is 23.0. The number of benzene rings is 1. The number of rotatable bonds is 5. The summed E-state index contributed by atoms with van der Waals surface area (Å²) in [5, 5.41) is 10.5. The minimum absolute atomic E-state index is 0.0104. The van der Waals surface area contributed by atoms with Crippen molar-refractivity contribution in [2.45, 2.75) is 64.2 Å². The number of aryl methyl sites for hydroxylation is 2. The van der Waals surface area contributed by atoms with E-state index in [4.69, 9.17) is 0 Å². The van der Waals surface area contributed by atoms with E-state index in [2.05, 4.69) is 15.7 Å². The second-order valence-electron chi connectivity index (χ2n) is 9.03. The van der Waals surface area contributed by atoms with Gasteiger partial charge in [-0.3, -0.25) is 9.69 Å². The first-order valence-electron chi connectivity index (χ1n) is 11.2. The highest BCUT2D eigenvalue weighted by molar-refractivity contribution is 5.93. The monoisotopic (exact) mass is 449 g/mol. The fourth-order valence-corrected chi connectivity index (χ4v) is 4.70. The number of alkyl halides is 3. The Hall–Kier alpha value is -2.55. The van der Waals surface area contributed by atoms with E-state index in [-0.39, 0.29) is 30.8 Å². The van der Waals surface area contributed by atoms with Crippen molar-refractivity contribution in [1.29, 1.82) is 0 Å².